The van der Waals surface area contributed by atoms with Crippen LogP contribution in [0.25, 0.3) is 0 Å². The second-order valence-electron chi connectivity index (χ2n) is 3.93. The van der Waals surface area contributed by atoms with Crippen LogP contribution in [0.1, 0.15) is 18.9 Å². The molecule has 0 aliphatic heterocycles. The van der Waals surface area contributed by atoms with Gasteiger partial charge in [0.25, 0.3) is 5.69 Å². The molecule has 6 heteroatoms. The first-order valence-electron chi connectivity index (χ1n) is 5.74. The Bertz CT molecular complexity index is 417. The summed E-state index contributed by atoms with van der Waals surface area (Å²) < 4.78 is 0. The Labute approximate surface area is 105 Å². The van der Waals surface area contributed by atoms with E-state index < -0.39 is 16.9 Å². The molecule has 0 aliphatic rings. The molecule has 2 N–H and O–H groups in total. The van der Waals surface area contributed by atoms with Crippen molar-refractivity contribution in [2.75, 3.05) is 6.54 Å². The summed E-state index contributed by atoms with van der Waals surface area (Å²) in [6.45, 7) is 2.33. The number of non-ortho nitro benzene ring substituents is 1. The Morgan fingerprint density at radius 2 is 2.06 bits per heavy atom. The van der Waals surface area contributed by atoms with Crippen LogP contribution >= 0.6 is 0 Å². The van der Waals surface area contributed by atoms with E-state index in [0.29, 0.717) is 19.4 Å². The molecule has 0 heterocycles. The summed E-state index contributed by atoms with van der Waals surface area (Å²) in [6, 6.07) is 5.72. The van der Waals surface area contributed by atoms with Crippen LogP contribution in [-0.2, 0) is 11.2 Å². The predicted molar refractivity (Wildman–Crippen MR) is 66.5 cm³/mol. The predicted octanol–water partition coefficient (Wildman–Crippen LogP) is 1.59. The van der Waals surface area contributed by atoms with Crippen molar-refractivity contribution < 1.29 is 14.8 Å². The van der Waals surface area contributed by atoms with E-state index >= 15 is 0 Å². The molecule has 0 saturated heterocycles. The highest BCUT2D eigenvalue weighted by molar-refractivity contribution is 5.73. The van der Waals surface area contributed by atoms with Crippen LogP contribution in [0.15, 0.2) is 24.3 Å². The first-order chi connectivity index (χ1) is 8.54. The van der Waals surface area contributed by atoms with E-state index in [1.54, 1.807) is 19.1 Å². The Kier molecular flexibility index (Phi) is 5.26. The van der Waals surface area contributed by atoms with Gasteiger partial charge in [0.1, 0.15) is 6.04 Å². The van der Waals surface area contributed by atoms with Crippen molar-refractivity contribution in [3.05, 3.63) is 39.9 Å². The molecule has 0 fully saturated rings. The molecular formula is C12H16N2O4. The molecule has 98 valence electrons. The van der Waals surface area contributed by atoms with Crippen molar-refractivity contribution in [1.29, 1.82) is 0 Å². The second kappa shape index (κ2) is 6.70. The van der Waals surface area contributed by atoms with Crippen LogP contribution in [0.2, 0.25) is 0 Å². The van der Waals surface area contributed by atoms with Crippen molar-refractivity contribution in [3.8, 4) is 0 Å². The van der Waals surface area contributed by atoms with Crippen LogP contribution in [0.3, 0.4) is 0 Å². The summed E-state index contributed by atoms with van der Waals surface area (Å²) in [5.74, 6) is -0.860. The second-order valence-corrected chi connectivity index (χ2v) is 3.93. The number of benzene rings is 1. The minimum Gasteiger partial charge on any atom is -0.480 e. The van der Waals surface area contributed by atoms with Gasteiger partial charge in [-0.15, -0.1) is 0 Å². The zero-order valence-corrected chi connectivity index (χ0v) is 10.1. The molecule has 0 aromatic heterocycles. The summed E-state index contributed by atoms with van der Waals surface area (Å²) in [5, 5.41) is 22.2. The van der Waals surface area contributed by atoms with Crippen molar-refractivity contribution in [1.82, 2.24) is 5.32 Å². The maximum atomic E-state index is 10.8. The average Bonchev–Trinajstić information content (AvgIpc) is 2.34. The van der Waals surface area contributed by atoms with Gasteiger partial charge in [0.15, 0.2) is 0 Å². The summed E-state index contributed by atoms with van der Waals surface area (Å²) in [4.78, 5) is 20.8. The average molecular weight is 252 g/mol. The molecule has 18 heavy (non-hydrogen) atoms. The molecule has 6 nitrogen and oxygen atoms in total. The first kappa shape index (κ1) is 14.1. The number of nitrogens with zero attached hydrogens (tertiary/aromatic N) is 1. The smallest absolute Gasteiger partial charge is 0.320 e. The van der Waals surface area contributed by atoms with E-state index in [1.165, 1.54) is 12.1 Å². The number of rotatable bonds is 7. The number of carboxylic acid groups (broad SMARTS) is 1. The monoisotopic (exact) mass is 252 g/mol. The van der Waals surface area contributed by atoms with E-state index in [0.717, 1.165) is 5.56 Å². The SMILES string of the molecule is CCC(NCCc1ccc([N+](=O)[O-])cc1)C(=O)O. The topological polar surface area (TPSA) is 92.5 Å². The Morgan fingerprint density at radius 1 is 1.44 bits per heavy atom. The number of nitrogens with one attached hydrogen (secondary N) is 1. The standard InChI is InChI=1S/C12H16N2O4/c1-2-11(12(15)16)13-8-7-9-3-5-10(6-4-9)14(17)18/h3-6,11,13H,2,7-8H2,1H3,(H,15,16). The van der Waals surface area contributed by atoms with E-state index in [9.17, 15) is 14.9 Å². The molecule has 0 radical (unpaired) electrons. The first-order valence-corrected chi connectivity index (χ1v) is 5.74. The lowest BCUT2D eigenvalue weighted by atomic mass is 10.1. The zero-order chi connectivity index (χ0) is 13.5. The molecule has 0 bridgehead atoms. The minimum absolute atomic E-state index is 0.0590. The van der Waals surface area contributed by atoms with E-state index in [-0.39, 0.29) is 5.69 Å². The van der Waals surface area contributed by atoms with Crippen LogP contribution in [0.5, 0.6) is 0 Å². The molecular weight excluding hydrogens is 236 g/mol. The molecule has 1 rings (SSSR count). The lowest BCUT2D eigenvalue weighted by Crippen LogP contribution is -2.37. The summed E-state index contributed by atoms with van der Waals surface area (Å²) in [7, 11) is 0. The third-order valence-corrected chi connectivity index (χ3v) is 2.66. The molecule has 1 atom stereocenters. The highest BCUT2D eigenvalue weighted by atomic mass is 16.6. The molecule has 0 amide bonds. The maximum absolute atomic E-state index is 10.8. The molecule has 1 aromatic rings. The number of nitro groups is 1. The summed E-state index contributed by atoms with van der Waals surface area (Å²) >= 11 is 0. The van der Waals surface area contributed by atoms with Gasteiger partial charge in [-0.2, -0.15) is 0 Å². The van der Waals surface area contributed by atoms with Crippen LogP contribution in [0, 0.1) is 10.1 Å². The Balaban J connectivity index is 2.44. The van der Waals surface area contributed by atoms with Gasteiger partial charge in [0.2, 0.25) is 0 Å². The number of hydrogen-bond acceptors (Lipinski definition) is 4. The number of aliphatic carboxylic acids is 1. The van der Waals surface area contributed by atoms with Crippen LogP contribution < -0.4 is 5.32 Å². The lowest BCUT2D eigenvalue weighted by molar-refractivity contribution is -0.384. The van der Waals surface area contributed by atoms with E-state index in [4.69, 9.17) is 5.11 Å². The normalized spacial score (nSPS) is 12.1. The quantitative estimate of drug-likeness (QED) is 0.568. The highest BCUT2D eigenvalue weighted by Crippen LogP contribution is 2.11. The molecule has 0 aliphatic carbocycles. The maximum Gasteiger partial charge on any atom is 0.320 e. The van der Waals surface area contributed by atoms with E-state index in [1.807, 2.05) is 0 Å². The fraction of sp³-hybridized carbons (Fsp3) is 0.417. The van der Waals surface area contributed by atoms with Gasteiger partial charge in [0, 0.05) is 12.1 Å². The van der Waals surface area contributed by atoms with Crippen molar-refractivity contribution in [2.45, 2.75) is 25.8 Å². The van der Waals surface area contributed by atoms with Crippen molar-refractivity contribution in [2.24, 2.45) is 0 Å². The van der Waals surface area contributed by atoms with Gasteiger partial charge < -0.3 is 10.4 Å². The van der Waals surface area contributed by atoms with Gasteiger partial charge >= 0.3 is 5.97 Å². The van der Waals surface area contributed by atoms with Gasteiger partial charge in [-0.05, 0) is 24.9 Å². The number of carboxylic acids is 1. The van der Waals surface area contributed by atoms with Gasteiger partial charge in [-0.1, -0.05) is 19.1 Å². The van der Waals surface area contributed by atoms with Crippen molar-refractivity contribution >= 4 is 11.7 Å². The highest BCUT2D eigenvalue weighted by Gasteiger charge is 2.13. The number of carbonyl (C=O) groups is 1. The molecule has 0 saturated carbocycles. The number of nitro benzene ring substituents is 1. The third kappa shape index (κ3) is 4.14. The molecule has 1 unspecified atom stereocenters. The third-order valence-electron chi connectivity index (χ3n) is 2.66. The Hall–Kier alpha value is -1.95. The van der Waals surface area contributed by atoms with Crippen LogP contribution in [0.4, 0.5) is 5.69 Å². The van der Waals surface area contributed by atoms with Crippen molar-refractivity contribution in [3.63, 3.8) is 0 Å². The fourth-order valence-electron chi connectivity index (χ4n) is 1.58. The summed E-state index contributed by atoms with van der Waals surface area (Å²) in [5.41, 5.74) is 0.997. The van der Waals surface area contributed by atoms with E-state index in [2.05, 4.69) is 5.32 Å². The molecule has 0 spiro atoms. The molecule has 1 aromatic carbocycles. The fourth-order valence-corrected chi connectivity index (χ4v) is 1.58. The van der Waals surface area contributed by atoms with Gasteiger partial charge in [-0.25, -0.2) is 0 Å². The summed E-state index contributed by atoms with van der Waals surface area (Å²) in [6.07, 6.45) is 1.16. The van der Waals surface area contributed by atoms with Gasteiger partial charge in [-0.3, -0.25) is 14.9 Å². The largest absolute Gasteiger partial charge is 0.480 e. The zero-order valence-electron chi connectivity index (χ0n) is 10.1. The number of hydrogen-bond donors (Lipinski definition) is 2. The van der Waals surface area contributed by atoms with Crippen LogP contribution in [-0.4, -0.2) is 28.6 Å². The minimum atomic E-state index is -0.860. The Morgan fingerprint density at radius 3 is 2.50 bits per heavy atom. The van der Waals surface area contributed by atoms with Gasteiger partial charge in [0.05, 0.1) is 4.92 Å². The lowest BCUT2D eigenvalue weighted by Gasteiger charge is -2.11.